The normalized spacial score (nSPS) is 28.3. The molecule has 108 valence electrons. The molecule has 2 amide bonds. The average Bonchev–Trinajstić information content (AvgIpc) is 2.46. The van der Waals surface area contributed by atoms with E-state index >= 15 is 0 Å². The third kappa shape index (κ3) is 3.18. The third-order valence-electron chi connectivity index (χ3n) is 4.21. The van der Waals surface area contributed by atoms with Crippen molar-refractivity contribution in [3.63, 3.8) is 0 Å². The third-order valence-corrected chi connectivity index (χ3v) is 4.21. The molecular weight excluding hydrogens is 246 g/mol. The number of hydrogen-bond donors (Lipinski definition) is 2. The lowest BCUT2D eigenvalue weighted by Gasteiger charge is -2.40. The van der Waals surface area contributed by atoms with Gasteiger partial charge in [0.05, 0.1) is 0 Å². The molecule has 0 bridgehead atoms. The Morgan fingerprint density at radius 2 is 1.95 bits per heavy atom. The van der Waals surface area contributed by atoms with Crippen LogP contribution in [-0.4, -0.2) is 65.7 Å². The topological polar surface area (TPSA) is 72.9 Å². The van der Waals surface area contributed by atoms with Crippen LogP contribution >= 0.6 is 0 Å². The number of nitrogens with one attached hydrogen (secondary N) is 1. The first kappa shape index (κ1) is 14.1. The van der Waals surface area contributed by atoms with Gasteiger partial charge in [0.2, 0.25) is 0 Å². The largest absolute Gasteiger partial charge is 0.480 e. The van der Waals surface area contributed by atoms with Gasteiger partial charge in [0.15, 0.2) is 0 Å². The number of nitrogens with zero attached hydrogens (tertiary/aromatic N) is 2. The minimum Gasteiger partial charge on any atom is -0.480 e. The Labute approximate surface area is 113 Å². The number of amides is 2. The lowest BCUT2D eigenvalue weighted by atomic mass is 9.89. The fourth-order valence-corrected chi connectivity index (χ4v) is 2.91. The Morgan fingerprint density at radius 1 is 1.26 bits per heavy atom. The second kappa shape index (κ2) is 6.23. The summed E-state index contributed by atoms with van der Waals surface area (Å²) in [4.78, 5) is 27.1. The smallest absolute Gasteiger partial charge is 0.326 e. The maximum absolute atomic E-state index is 12.4. The number of carboxylic acids is 1. The van der Waals surface area contributed by atoms with Gasteiger partial charge in [0.1, 0.15) is 6.04 Å². The van der Waals surface area contributed by atoms with Crippen LogP contribution in [0.3, 0.4) is 0 Å². The van der Waals surface area contributed by atoms with E-state index < -0.39 is 12.0 Å². The Bertz CT molecular complexity index is 342. The van der Waals surface area contributed by atoms with Gasteiger partial charge >= 0.3 is 12.0 Å². The van der Waals surface area contributed by atoms with Crippen LogP contribution in [0.4, 0.5) is 4.79 Å². The summed E-state index contributed by atoms with van der Waals surface area (Å²) in [5.74, 6) is -0.449. The van der Waals surface area contributed by atoms with Crippen molar-refractivity contribution in [2.24, 2.45) is 5.92 Å². The maximum atomic E-state index is 12.4. The van der Waals surface area contributed by atoms with Crippen LogP contribution in [0, 0.1) is 5.92 Å². The Morgan fingerprint density at radius 3 is 2.53 bits per heavy atom. The molecule has 2 saturated heterocycles. The number of aliphatic carboxylic acids is 1. The summed E-state index contributed by atoms with van der Waals surface area (Å²) in [6.07, 6.45) is 2.49. The van der Waals surface area contributed by atoms with Crippen molar-refractivity contribution in [2.75, 3.05) is 32.7 Å². The minimum atomic E-state index is -0.873. The highest BCUT2D eigenvalue weighted by Gasteiger charge is 2.37. The molecule has 0 radical (unpaired) electrons. The van der Waals surface area contributed by atoms with E-state index in [1.165, 1.54) is 0 Å². The molecule has 2 unspecified atom stereocenters. The first-order valence-corrected chi connectivity index (χ1v) is 7.12. The molecule has 0 aromatic rings. The number of likely N-dealkylation sites (tertiary alicyclic amines) is 1. The van der Waals surface area contributed by atoms with Gasteiger partial charge in [-0.2, -0.15) is 0 Å². The van der Waals surface area contributed by atoms with Crippen molar-refractivity contribution >= 4 is 12.0 Å². The van der Waals surface area contributed by atoms with Gasteiger partial charge in [-0.3, -0.25) is 0 Å². The molecule has 0 aromatic carbocycles. The highest BCUT2D eigenvalue weighted by Crippen LogP contribution is 2.26. The van der Waals surface area contributed by atoms with Crippen LogP contribution in [0.2, 0.25) is 0 Å². The number of urea groups is 1. The predicted octanol–water partition coefficient (Wildman–Crippen LogP) is 0.587. The number of hydrogen-bond acceptors (Lipinski definition) is 3. The average molecular weight is 269 g/mol. The summed E-state index contributed by atoms with van der Waals surface area (Å²) in [6.45, 7) is 5.55. The summed E-state index contributed by atoms with van der Waals surface area (Å²) in [7, 11) is 0. The molecule has 6 heteroatoms. The van der Waals surface area contributed by atoms with E-state index in [0.717, 1.165) is 25.9 Å². The van der Waals surface area contributed by atoms with Crippen molar-refractivity contribution in [1.29, 1.82) is 0 Å². The number of rotatable bonds is 2. The summed E-state index contributed by atoms with van der Waals surface area (Å²) in [5.41, 5.74) is 0. The van der Waals surface area contributed by atoms with Gasteiger partial charge in [-0.1, -0.05) is 13.3 Å². The van der Waals surface area contributed by atoms with Crippen LogP contribution in [0.1, 0.15) is 26.2 Å². The summed E-state index contributed by atoms with van der Waals surface area (Å²) < 4.78 is 0. The second-order valence-corrected chi connectivity index (χ2v) is 5.37. The Hall–Kier alpha value is -1.30. The molecule has 2 rings (SSSR count). The summed E-state index contributed by atoms with van der Waals surface area (Å²) >= 11 is 0. The number of piperazine rings is 1. The van der Waals surface area contributed by atoms with E-state index in [1.54, 1.807) is 9.80 Å². The van der Waals surface area contributed by atoms with Gasteiger partial charge in [-0.25, -0.2) is 9.59 Å². The fraction of sp³-hybridized carbons (Fsp3) is 0.846. The van der Waals surface area contributed by atoms with Gasteiger partial charge in [0.25, 0.3) is 0 Å². The van der Waals surface area contributed by atoms with E-state index in [2.05, 4.69) is 12.2 Å². The Balaban J connectivity index is 2.03. The monoisotopic (exact) mass is 269 g/mol. The predicted molar refractivity (Wildman–Crippen MR) is 71.0 cm³/mol. The van der Waals surface area contributed by atoms with Crippen LogP contribution < -0.4 is 5.32 Å². The zero-order valence-electron chi connectivity index (χ0n) is 11.5. The lowest BCUT2D eigenvalue weighted by Crippen LogP contribution is -2.57. The molecule has 2 fully saturated rings. The quantitative estimate of drug-likeness (QED) is 0.769. The molecule has 2 N–H and O–H groups in total. The molecular formula is C13H23N3O3. The molecule has 6 nitrogen and oxygen atoms in total. The van der Waals surface area contributed by atoms with E-state index in [0.29, 0.717) is 32.0 Å². The highest BCUT2D eigenvalue weighted by molar-refractivity contribution is 5.83. The number of carboxylic acid groups (broad SMARTS) is 1. The Kier molecular flexibility index (Phi) is 4.63. The van der Waals surface area contributed by atoms with Crippen molar-refractivity contribution in [1.82, 2.24) is 15.1 Å². The standard InChI is InChI=1S/C13H23N3O3/c1-2-10-3-6-16(11(9-10)12(17)18)13(19)15-7-4-14-5-8-15/h10-11,14H,2-9H2,1H3,(H,17,18). The highest BCUT2D eigenvalue weighted by atomic mass is 16.4. The van der Waals surface area contributed by atoms with E-state index in [-0.39, 0.29) is 6.03 Å². The number of piperidine rings is 1. The molecule has 2 heterocycles. The SMILES string of the molecule is CCC1CCN(C(=O)N2CCNCC2)C(C(=O)O)C1. The van der Waals surface area contributed by atoms with E-state index in [4.69, 9.17) is 0 Å². The fourth-order valence-electron chi connectivity index (χ4n) is 2.91. The van der Waals surface area contributed by atoms with Gasteiger partial charge in [0, 0.05) is 32.7 Å². The van der Waals surface area contributed by atoms with Crippen LogP contribution in [0.15, 0.2) is 0 Å². The molecule has 2 aliphatic rings. The van der Waals surface area contributed by atoms with Crippen LogP contribution in [0.5, 0.6) is 0 Å². The summed E-state index contributed by atoms with van der Waals surface area (Å²) in [5, 5.41) is 12.5. The van der Waals surface area contributed by atoms with Gasteiger partial charge in [-0.05, 0) is 18.8 Å². The van der Waals surface area contributed by atoms with Gasteiger partial charge < -0.3 is 20.2 Å². The zero-order valence-corrected chi connectivity index (χ0v) is 11.5. The molecule has 0 spiro atoms. The molecule has 2 atom stereocenters. The van der Waals surface area contributed by atoms with Crippen LogP contribution in [0.25, 0.3) is 0 Å². The van der Waals surface area contributed by atoms with Crippen LogP contribution in [-0.2, 0) is 4.79 Å². The molecule has 0 aromatic heterocycles. The first-order valence-electron chi connectivity index (χ1n) is 7.12. The minimum absolute atomic E-state index is 0.108. The molecule has 0 saturated carbocycles. The van der Waals surface area contributed by atoms with Crippen molar-refractivity contribution in [3.05, 3.63) is 0 Å². The zero-order chi connectivity index (χ0) is 13.8. The molecule has 0 aliphatic carbocycles. The number of carbonyl (C=O) groups excluding carboxylic acids is 1. The van der Waals surface area contributed by atoms with E-state index in [1.807, 2.05) is 0 Å². The maximum Gasteiger partial charge on any atom is 0.326 e. The second-order valence-electron chi connectivity index (χ2n) is 5.37. The molecule has 19 heavy (non-hydrogen) atoms. The first-order chi connectivity index (χ1) is 9.13. The van der Waals surface area contributed by atoms with Crippen molar-refractivity contribution < 1.29 is 14.7 Å². The van der Waals surface area contributed by atoms with Crippen molar-refractivity contribution in [2.45, 2.75) is 32.2 Å². The summed E-state index contributed by atoms with van der Waals surface area (Å²) in [6, 6.07) is -0.760. The van der Waals surface area contributed by atoms with Crippen molar-refractivity contribution in [3.8, 4) is 0 Å². The van der Waals surface area contributed by atoms with Gasteiger partial charge in [-0.15, -0.1) is 0 Å². The molecule has 2 aliphatic heterocycles. The van der Waals surface area contributed by atoms with E-state index in [9.17, 15) is 14.7 Å². The lowest BCUT2D eigenvalue weighted by molar-refractivity contribution is -0.144. The number of carbonyl (C=O) groups is 2.